The fourth-order valence-corrected chi connectivity index (χ4v) is 3.39. The van der Waals surface area contributed by atoms with Gasteiger partial charge >= 0.3 is 136 Å². The van der Waals surface area contributed by atoms with Crippen molar-refractivity contribution in [3.8, 4) is 17.6 Å². The Labute approximate surface area is 136 Å². The number of rotatable bonds is 2. The quantitative estimate of drug-likeness (QED) is 0.702. The zero-order chi connectivity index (χ0) is 15.5. The van der Waals surface area contributed by atoms with E-state index in [1.54, 1.807) is 12.1 Å². The Morgan fingerprint density at radius 3 is 2.91 bits per heavy atom. The van der Waals surface area contributed by atoms with Crippen LogP contribution in [0, 0.1) is 11.3 Å². The van der Waals surface area contributed by atoms with Gasteiger partial charge in [0.05, 0.1) is 0 Å². The van der Waals surface area contributed by atoms with E-state index in [1.165, 1.54) is 22.9 Å². The summed E-state index contributed by atoms with van der Waals surface area (Å²) < 4.78 is 0.713. The molecule has 22 heavy (non-hydrogen) atoms. The summed E-state index contributed by atoms with van der Waals surface area (Å²) in [5, 5.41) is 12.8. The topological polar surface area (TPSA) is 94.5 Å². The molecule has 3 heterocycles. The second kappa shape index (κ2) is 6.43. The molecule has 0 amide bonds. The van der Waals surface area contributed by atoms with Gasteiger partial charge < -0.3 is 0 Å². The molecular formula is C15H16AsN5O. The van der Waals surface area contributed by atoms with E-state index in [-0.39, 0.29) is 11.5 Å². The van der Waals surface area contributed by atoms with Gasteiger partial charge in [0, 0.05) is 0 Å². The normalized spacial score (nSPS) is 17.9. The summed E-state index contributed by atoms with van der Waals surface area (Å²) in [6.45, 7) is 1.83. The van der Waals surface area contributed by atoms with Gasteiger partial charge in [-0.1, -0.05) is 0 Å². The Bertz CT molecular complexity index is 789. The average Bonchev–Trinajstić information content (AvgIpc) is 2.55. The van der Waals surface area contributed by atoms with Crippen molar-refractivity contribution in [3.05, 3.63) is 39.8 Å². The second-order valence-corrected chi connectivity index (χ2v) is 6.42. The second-order valence-electron chi connectivity index (χ2n) is 5.28. The third-order valence-corrected chi connectivity index (χ3v) is 4.65. The number of hydrogen-bond donors (Lipinski definition) is 2. The molecule has 0 saturated carbocycles. The van der Waals surface area contributed by atoms with Crippen LogP contribution in [0.15, 0.2) is 23.0 Å². The van der Waals surface area contributed by atoms with Crippen LogP contribution in [-0.2, 0) is 0 Å². The Kier molecular flexibility index (Phi) is 4.37. The molecular weight excluding hydrogens is 341 g/mol. The number of aromatic nitrogens is 3. The average molecular weight is 357 g/mol. The van der Waals surface area contributed by atoms with E-state index < -0.39 is 0 Å². The standard InChI is InChI=1S/C15H16AsN5O/c16-14-10(7-17)13(9-3-2-6-18-8-9)20-15(21-14)11-4-1-5-12(22)19-11/h1,4-5,9,18H,2-3,6,8,16H2,(H,19,22). The number of nitriles is 1. The van der Waals surface area contributed by atoms with Crippen LogP contribution >= 0.6 is 0 Å². The first-order valence-electron chi connectivity index (χ1n) is 7.17. The van der Waals surface area contributed by atoms with E-state index in [0.717, 1.165) is 31.6 Å². The van der Waals surface area contributed by atoms with Crippen molar-refractivity contribution in [2.24, 2.45) is 0 Å². The van der Waals surface area contributed by atoms with Crippen LogP contribution in [0.4, 0.5) is 0 Å². The number of nitrogens with one attached hydrogen (secondary N) is 2. The number of H-pyrrole nitrogens is 1. The van der Waals surface area contributed by atoms with Crippen LogP contribution in [-0.4, -0.2) is 44.9 Å². The van der Waals surface area contributed by atoms with Crippen LogP contribution in [0.2, 0.25) is 0 Å². The molecule has 2 atom stereocenters. The van der Waals surface area contributed by atoms with E-state index in [9.17, 15) is 10.1 Å². The summed E-state index contributed by atoms with van der Waals surface area (Å²) in [6.07, 6.45) is 2.08. The summed E-state index contributed by atoms with van der Waals surface area (Å²) >= 11 is 1.30. The van der Waals surface area contributed by atoms with Crippen LogP contribution < -0.4 is 15.4 Å². The molecule has 1 fully saturated rings. The zero-order valence-electron chi connectivity index (χ0n) is 12.0. The summed E-state index contributed by atoms with van der Waals surface area (Å²) in [7, 11) is 0. The number of hydrogen-bond acceptors (Lipinski definition) is 5. The van der Waals surface area contributed by atoms with Gasteiger partial charge in [0.2, 0.25) is 0 Å². The monoisotopic (exact) mass is 357 g/mol. The molecule has 0 radical (unpaired) electrons. The van der Waals surface area contributed by atoms with Crippen molar-refractivity contribution < 1.29 is 0 Å². The number of nitrogens with zero attached hydrogens (tertiary/aromatic N) is 3. The van der Waals surface area contributed by atoms with Crippen molar-refractivity contribution >= 4 is 21.3 Å². The molecule has 1 aliphatic rings. The van der Waals surface area contributed by atoms with Gasteiger partial charge in [-0.05, 0) is 0 Å². The van der Waals surface area contributed by atoms with Gasteiger partial charge in [-0.3, -0.25) is 0 Å². The van der Waals surface area contributed by atoms with Crippen molar-refractivity contribution in [2.75, 3.05) is 13.1 Å². The van der Waals surface area contributed by atoms with Crippen LogP contribution in [0.1, 0.15) is 30.0 Å². The first-order valence-corrected chi connectivity index (χ1v) is 8.38. The van der Waals surface area contributed by atoms with E-state index in [4.69, 9.17) is 0 Å². The Balaban J connectivity index is 2.12. The minimum absolute atomic E-state index is 0.186. The predicted octanol–water partition coefficient (Wildman–Crippen LogP) is -0.571. The van der Waals surface area contributed by atoms with Crippen LogP contribution in [0.3, 0.4) is 0 Å². The summed E-state index contributed by atoms with van der Waals surface area (Å²) in [5.74, 6) is 0.701. The molecule has 2 aromatic heterocycles. The molecule has 1 saturated heterocycles. The van der Waals surface area contributed by atoms with Gasteiger partial charge in [0.25, 0.3) is 0 Å². The van der Waals surface area contributed by atoms with Crippen molar-refractivity contribution in [1.29, 1.82) is 5.26 Å². The fourth-order valence-electron chi connectivity index (χ4n) is 2.69. The van der Waals surface area contributed by atoms with Gasteiger partial charge in [-0.15, -0.1) is 0 Å². The summed E-state index contributed by atoms with van der Waals surface area (Å²) in [4.78, 5) is 23.3. The Hall–Kier alpha value is -1.96. The third kappa shape index (κ3) is 2.96. The van der Waals surface area contributed by atoms with E-state index in [2.05, 4.69) is 26.3 Å². The molecule has 2 aromatic rings. The van der Waals surface area contributed by atoms with Gasteiger partial charge in [-0.2, -0.15) is 0 Å². The molecule has 0 spiro atoms. The van der Waals surface area contributed by atoms with Crippen LogP contribution in [0.5, 0.6) is 0 Å². The molecule has 3 rings (SSSR count). The van der Waals surface area contributed by atoms with Gasteiger partial charge in [0.15, 0.2) is 0 Å². The minimum atomic E-state index is -0.186. The fraction of sp³-hybridized carbons (Fsp3) is 0.333. The molecule has 6 nitrogen and oxygen atoms in total. The van der Waals surface area contributed by atoms with Crippen molar-refractivity contribution in [3.63, 3.8) is 0 Å². The van der Waals surface area contributed by atoms with Crippen LogP contribution in [0.25, 0.3) is 11.5 Å². The first-order chi connectivity index (χ1) is 10.7. The Morgan fingerprint density at radius 2 is 2.23 bits per heavy atom. The molecule has 2 N–H and O–H groups in total. The molecule has 112 valence electrons. The summed E-state index contributed by atoms with van der Waals surface area (Å²) in [5.41, 5.74) is 1.77. The predicted molar refractivity (Wildman–Crippen MR) is 85.8 cm³/mol. The first kappa shape index (κ1) is 15.0. The Morgan fingerprint density at radius 1 is 1.36 bits per heavy atom. The van der Waals surface area contributed by atoms with E-state index in [0.29, 0.717) is 21.6 Å². The number of piperidine rings is 1. The zero-order valence-corrected chi connectivity index (χ0v) is 14.4. The SMILES string of the molecule is N#Cc1c([AsH2])nc(-c2cccc(=O)[nH]2)nc1C1CCCNC1. The van der Waals surface area contributed by atoms with E-state index in [1.807, 2.05) is 0 Å². The van der Waals surface area contributed by atoms with Gasteiger partial charge in [-0.25, -0.2) is 0 Å². The molecule has 1 aliphatic heterocycles. The number of aromatic amines is 1. The van der Waals surface area contributed by atoms with Crippen molar-refractivity contribution in [2.45, 2.75) is 18.8 Å². The molecule has 0 bridgehead atoms. The molecule has 7 heteroatoms. The van der Waals surface area contributed by atoms with E-state index >= 15 is 0 Å². The third-order valence-electron chi connectivity index (χ3n) is 3.77. The maximum absolute atomic E-state index is 11.5. The molecule has 2 unspecified atom stereocenters. The van der Waals surface area contributed by atoms with Gasteiger partial charge in [0.1, 0.15) is 0 Å². The van der Waals surface area contributed by atoms with Crippen molar-refractivity contribution in [1.82, 2.24) is 20.3 Å². The number of pyridine rings is 1. The summed E-state index contributed by atoms with van der Waals surface area (Å²) in [6, 6.07) is 7.15. The maximum atomic E-state index is 11.5. The molecule has 0 aromatic carbocycles. The molecule has 0 aliphatic carbocycles.